The van der Waals surface area contributed by atoms with E-state index in [2.05, 4.69) is 65.9 Å². The molecule has 0 aliphatic heterocycles. The fraction of sp³-hybridized carbons (Fsp3) is 0.611. The van der Waals surface area contributed by atoms with Crippen molar-refractivity contribution in [2.75, 3.05) is 23.8 Å². The van der Waals surface area contributed by atoms with Crippen LogP contribution >= 0.6 is 7.26 Å². The molecule has 1 amide bonds. The second-order valence-corrected chi connectivity index (χ2v) is 11.2. The van der Waals surface area contributed by atoms with Gasteiger partial charge in [-0.25, -0.2) is 0 Å². The zero-order valence-corrected chi connectivity index (χ0v) is 19.0. The van der Waals surface area contributed by atoms with Crippen LogP contribution in [0, 0.1) is 20.8 Å². The molecule has 0 heterocycles. The molecule has 0 bridgehead atoms. The van der Waals surface area contributed by atoms with E-state index in [1.165, 1.54) is 5.56 Å². The molecule has 0 saturated carbocycles. The zero-order chi connectivity index (χ0) is 16.2. The first kappa shape index (κ1) is 22.2. The Morgan fingerprint density at radius 3 is 1.82 bits per heavy atom. The molecule has 121 valence electrons. The monoisotopic (exact) mass is 397 g/mol. The molecule has 0 spiro atoms. The number of carbonyl (C=O) groups excluding carboxylic acids is 1. The topological polar surface area (TPSA) is 29.1 Å². The molecule has 1 aromatic rings. The summed E-state index contributed by atoms with van der Waals surface area (Å²) in [5.41, 5.74) is 4.69. The molecular formula is C18H31NOPY+. The van der Waals surface area contributed by atoms with Gasteiger partial charge >= 0.3 is 0 Å². The maximum atomic E-state index is 12.7. The zero-order valence-electron chi connectivity index (χ0n) is 15.3. The third kappa shape index (κ3) is 4.86. The van der Waals surface area contributed by atoms with Crippen LogP contribution in [0.4, 0.5) is 5.69 Å². The van der Waals surface area contributed by atoms with Crippen molar-refractivity contribution in [1.82, 2.24) is 0 Å². The second kappa shape index (κ2) is 9.50. The van der Waals surface area contributed by atoms with E-state index in [1.54, 1.807) is 0 Å². The fourth-order valence-electron chi connectivity index (χ4n) is 3.35. The maximum absolute atomic E-state index is 12.7. The van der Waals surface area contributed by atoms with Gasteiger partial charge in [-0.2, -0.15) is 0 Å². The van der Waals surface area contributed by atoms with E-state index in [1.807, 2.05) is 0 Å². The Kier molecular flexibility index (Phi) is 9.60. The number of rotatable bonds is 6. The summed E-state index contributed by atoms with van der Waals surface area (Å²) in [4.78, 5) is 12.7. The summed E-state index contributed by atoms with van der Waals surface area (Å²) in [7, 11) is -1.17. The van der Waals surface area contributed by atoms with Gasteiger partial charge in [-0.05, 0) is 59.6 Å². The third-order valence-corrected chi connectivity index (χ3v) is 10.7. The van der Waals surface area contributed by atoms with Crippen molar-refractivity contribution in [2.45, 2.75) is 54.1 Å². The molecule has 1 atom stereocenters. The smallest absolute Gasteiger partial charge is 0.264 e. The minimum absolute atomic E-state index is 0. The number of benzene rings is 1. The van der Waals surface area contributed by atoms with Gasteiger partial charge in [-0.3, -0.25) is 4.79 Å². The van der Waals surface area contributed by atoms with E-state index >= 15 is 0 Å². The van der Waals surface area contributed by atoms with Crippen LogP contribution in [0.2, 0.25) is 0 Å². The first-order valence-corrected chi connectivity index (χ1v) is 10.5. The van der Waals surface area contributed by atoms with Gasteiger partial charge in [0.15, 0.2) is 0 Å². The Morgan fingerprint density at radius 2 is 1.45 bits per heavy atom. The quantitative estimate of drug-likeness (QED) is 0.672. The molecule has 1 radical (unpaired) electrons. The van der Waals surface area contributed by atoms with Crippen LogP contribution in [0.15, 0.2) is 12.1 Å². The molecule has 0 fully saturated rings. The SMILES string of the molecule is CC[P+](CC)(CC)C(C)C(=O)Nc1c(C)cc(C)cc1C.[Y]. The Morgan fingerprint density at radius 1 is 1.05 bits per heavy atom. The Balaban J connectivity index is 0.00000441. The van der Waals surface area contributed by atoms with Crippen LogP contribution in [-0.4, -0.2) is 30.1 Å². The standard InChI is InChI=1S/C18H30NOP.Y/c1-8-21(9-2,10-3)16(7)18(20)19-17-14(5)11-13(4)12-15(17)6;/h11-12,16H,8-10H2,1-7H3;/p+1. The molecule has 1 aromatic carbocycles. The van der Waals surface area contributed by atoms with Gasteiger partial charge in [0.2, 0.25) is 0 Å². The second-order valence-electron chi connectivity index (χ2n) is 6.11. The minimum atomic E-state index is -1.17. The van der Waals surface area contributed by atoms with Gasteiger partial charge in [0.25, 0.3) is 5.91 Å². The van der Waals surface area contributed by atoms with Gasteiger partial charge in [0.05, 0.1) is 18.5 Å². The van der Waals surface area contributed by atoms with Gasteiger partial charge in [0, 0.05) is 45.7 Å². The number of carbonyl (C=O) groups is 1. The number of hydrogen-bond acceptors (Lipinski definition) is 1. The average molecular weight is 397 g/mol. The van der Waals surface area contributed by atoms with Crippen LogP contribution in [0.3, 0.4) is 0 Å². The van der Waals surface area contributed by atoms with Crippen molar-refractivity contribution in [2.24, 2.45) is 0 Å². The van der Waals surface area contributed by atoms with Gasteiger partial charge in [-0.1, -0.05) is 17.7 Å². The predicted molar refractivity (Wildman–Crippen MR) is 97.3 cm³/mol. The van der Waals surface area contributed by atoms with E-state index < -0.39 is 7.26 Å². The minimum Gasteiger partial charge on any atom is -0.322 e. The number of hydrogen-bond donors (Lipinski definition) is 1. The summed E-state index contributed by atoms with van der Waals surface area (Å²) >= 11 is 0. The maximum Gasteiger partial charge on any atom is 0.264 e. The Labute approximate surface area is 162 Å². The van der Waals surface area contributed by atoms with E-state index in [4.69, 9.17) is 0 Å². The number of amides is 1. The molecule has 22 heavy (non-hydrogen) atoms. The predicted octanol–water partition coefficient (Wildman–Crippen LogP) is 5.01. The van der Waals surface area contributed by atoms with Crippen molar-refractivity contribution >= 4 is 18.9 Å². The van der Waals surface area contributed by atoms with Gasteiger partial charge < -0.3 is 5.32 Å². The van der Waals surface area contributed by atoms with Crippen LogP contribution in [0.1, 0.15) is 44.4 Å². The summed E-state index contributed by atoms with van der Waals surface area (Å²) in [6.45, 7) is 15.1. The number of aryl methyl sites for hydroxylation is 3. The molecule has 4 heteroatoms. The third-order valence-electron chi connectivity index (χ3n) is 5.02. The Bertz CT molecular complexity index is 481. The largest absolute Gasteiger partial charge is 0.322 e. The van der Waals surface area contributed by atoms with Crippen LogP contribution in [0.5, 0.6) is 0 Å². The average Bonchev–Trinajstić information content (AvgIpc) is 2.44. The van der Waals surface area contributed by atoms with Gasteiger partial charge in [0.1, 0.15) is 5.66 Å². The number of nitrogens with one attached hydrogen (secondary N) is 1. The normalized spacial score (nSPS) is 12.5. The number of anilines is 1. The first-order valence-electron chi connectivity index (χ1n) is 8.05. The van der Waals surface area contributed by atoms with E-state index in [9.17, 15) is 4.79 Å². The molecule has 1 rings (SSSR count). The summed E-state index contributed by atoms with van der Waals surface area (Å²) < 4.78 is 0. The van der Waals surface area contributed by atoms with E-state index in [-0.39, 0.29) is 44.3 Å². The molecular weight excluding hydrogens is 366 g/mol. The summed E-state index contributed by atoms with van der Waals surface area (Å²) in [6.07, 6.45) is 3.46. The molecule has 2 nitrogen and oxygen atoms in total. The summed E-state index contributed by atoms with van der Waals surface area (Å²) in [5.74, 6) is 0.198. The molecule has 0 aliphatic carbocycles. The van der Waals surface area contributed by atoms with Gasteiger partial charge in [-0.15, -0.1) is 0 Å². The first-order chi connectivity index (χ1) is 9.81. The van der Waals surface area contributed by atoms with Crippen molar-refractivity contribution in [3.8, 4) is 0 Å². The molecule has 0 saturated heterocycles. The fourth-order valence-corrected chi connectivity index (χ4v) is 6.89. The summed E-state index contributed by atoms with van der Waals surface area (Å²) in [6, 6.07) is 4.27. The van der Waals surface area contributed by atoms with Crippen molar-refractivity contribution < 1.29 is 37.5 Å². The molecule has 1 N–H and O–H groups in total. The van der Waals surface area contributed by atoms with Crippen LogP contribution in [-0.2, 0) is 37.5 Å². The van der Waals surface area contributed by atoms with Crippen molar-refractivity contribution in [3.63, 3.8) is 0 Å². The van der Waals surface area contributed by atoms with Crippen LogP contribution < -0.4 is 5.32 Å². The van der Waals surface area contributed by atoms with Crippen molar-refractivity contribution in [3.05, 3.63) is 28.8 Å². The van der Waals surface area contributed by atoms with Crippen LogP contribution in [0.25, 0.3) is 0 Å². The van der Waals surface area contributed by atoms with Crippen molar-refractivity contribution in [1.29, 1.82) is 0 Å². The molecule has 0 aromatic heterocycles. The summed E-state index contributed by atoms with van der Waals surface area (Å²) in [5, 5.41) is 3.20. The van der Waals surface area contributed by atoms with E-state index in [0.29, 0.717) is 0 Å². The Hall–Kier alpha value is 0.224. The van der Waals surface area contributed by atoms with E-state index in [0.717, 1.165) is 35.3 Å². The molecule has 0 aliphatic rings. The molecule has 1 unspecified atom stereocenters.